The molecular formula is C6H10F2O2. The molecule has 0 aliphatic rings. The van der Waals surface area contributed by atoms with E-state index in [-0.39, 0.29) is 6.61 Å². The first-order chi connectivity index (χ1) is 4.54. The van der Waals surface area contributed by atoms with E-state index < -0.39 is 18.3 Å². The minimum Gasteiger partial charge on any atom is -0.462 e. The smallest absolute Gasteiger partial charge is 0.376 e. The highest BCUT2D eigenvalue weighted by Crippen LogP contribution is 2.18. The Balaban J connectivity index is 3.91. The van der Waals surface area contributed by atoms with Gasteiger partial charge in [-0.05, 0) is 6.92 Å². The van der Waals surface area contributed by atoms with Crippen molar-refractivity contribution in [3.63, 3.8) is 0 Å². The summed E-state index contributed by atoms with van der Waals surface area (Å²) in [6.07, 6.45) is -0.508. The van der Waals surface area contributed by atoms with Gasteiger partial charge in [0, 0.05) is 6.42 Å². The largest absolute Gasteiger partial charge is 0.462 e. The zero-order chi connectivity index (χ0) is 8.20. The molecule has 0 aliphatic carbocycles. The second kappa shape index (κ2) is 3.49. The fourth-order valence-corrected chi connectivity index (χ4v) is 0.381. The van der Waals surface area contributed by atoms with E-state index in [9.17, 15) is 13.6 Å². The SMILES string of the molecule is CCOC(=O)C(F)(F)CC. The fraction of sp³-hybridized carbons (Fsp3) is 0.833. The number of alkyl halides is 2. The van der Waals surface area contributed by atoms with Crippen molar-refractivity contribution in [2.75, 3.05) is 6.61 Å². The summed E-state index contributed by atoms with van der Waals surface area (Å²) >= 11 is 0. The Bertz CT molecular complexity index is 123. The predicted octanol–water partition coefficient (Wildman–Crippen LogP) is 1.59. The molecule has 0 N–H and O–H groups in total. The quantitative estimate of drug-likeness (QED) is 0.574. The van der Waals surface area contributed by atoms with E-state index in [0.717, 1.165) is 0 Å². The molecule has 0 unspecified atom stereocenters. The maximum atomic E-state index is 12.3. The normalized spacial score (nSPS) is 11.2. The van der Waals surface area contributed by atoms with Crippen LogP contribution in [0, 0.1) is 0 Å². The Kier molecular flexibility index (Phi) is 3.25. The van der Waals surface area contributed by atoms with Crippen molar-refractivity contribution in [1.29, 1.82) is 0 Å². The Morgan fingerprint density at radius 3 is 2.30 bits per heavy atom. The van der Waals surface area contributed by atoms with E-state index in [1.165, 1.54) is 13.8 Å². The first-order valence-corrected chi connectivity index (χ1v) is 3.09. The number of hydrogen-bond donors (Lipinski definition) is 0. The number of rotatable bonds is 3. The second-order valence-electron chi connectivity index (χ2n) is 1.78. The Labute approximate surface area is 58.2 Å². The molecular weight excluding hydrogens is 142 g/mol. The van der Waals surface area contributed by atoms with Gasteiger partial charge in [-0.3, -0.25) is 0 Å². The van der Waals surface area contributed by atoms with Gasteiger partial charge in [-0.15, -0.1) is 0 Å². The van der Waals surface area contributed by atoms with Gasteiger partial charge in [-0.25, -0.2) is 4.79 Å². The van der Waals surface area contributed by atoms with Crippen LogP contribution >= 0.6 is 0 Å². The molecule has 0 rings (SSSR count). The van der Waals surface area contributed by atoms with Crippen LogP contribution in [0.1, 0.15) is 20.3 Å². The lowest BCUT2D eigenvalue weighted by Crippen LogP contribution is -2.29. The van der Waals surface area contributed by atoms with Crippen LogP contribution in [0.3, 0.4) is 0 Å². The molecule has 0 saturated heterocycles. The third kappa shape index (κ3) is 2.29. The number of halogens is 2. The van der Waals surface area contributed by atoms with Gasteiger partial charge in [0.2, 0.25) is 0 Å². The maximum absolute atomic E-state index is 12.3. The molecule has 0 aliphatic heterocycles. The van der Waals surface area contributed by atoms with Crippen LogP contribution in [0.4, 0.5) is 8.78 Å². The Hall–Kier alpha value is -0.670. The summed E-state index contributed by atoms with van der Waals surface area (Å²) in [7, 11) is 0. The minimum atomic E-state index is -3.31. The summed E-state index contributed by atoms with van der Waals surface area (Å²) in [4.78, 5) is 10.3. The van der Waals surface area contributed by atoms with Gasteiger partial charge >= 0.3 is 11.9 Å². The lowest BCUT2D eigenvalue weighted by molar-refractivity contribution is -0.171. The van der Waals surface area contributed by atoms with E-state index >= 15 is 0 Å². The van der Waals surface area contributed by atoms with Crippen molar-refractivity contribution < 1.29 is 18.3 Å². The molecule has 0 radical (unpaired) electrons. The highest BCUT2D eigenvalue weighted by atomic mass is 19.3. The number of carbonyl (C=O) groups is 1. The van der Waals surface area contributed by atoms with Gasteiger partial charge in [-0.1, -0.05) is 6.92 Å². The zero-order valence-corrected chi connectivity index (χ0v) is 5.99. The van der Waals surface area contributed by atoms with Crippen molar-refractivity contribution in [3.8, 4) is 0 Å². The number of ether oxygens (including phenoxy) is 1. The van der Waals surface area contributed by atoms with Crippen molar-refractivity contribution in [1.82, 2.24) is 0 Å². The van der Waals surface area contributed by atoms with Crippen LogP contribution in [-0.2, 0) is 9.53 Å². The van der Waals surface area contributed by atoms with Gasteiger partial charge < -0.3 is 4.74 Å². The molecule has 0 saturated carbocycles. The molecule has 0 bridgehead atoms. The van der Waals surface area contributed by atoms with Crippen molar-refractivity contribution >= 4 is 5.97 Å². The molecule has 0 spiro atoms. The van der Waals surface area contributed by atoms with Gasteiger partial charge in [0.05, 0.1) is 6.61 Å². The summed E-state index contributed by atoms with van der Waals surface area (Å²) < 4.78 is 28.6. The molecule has 0 fully saturated rings. The molecule has 4 heteroatoms. The van der Waals surface area contributed by atoms with Gasteiger partial charge in [0.25, 0.3) is 0 Å². The topological polar surface area (TPSA) is 26.3 Å². The lowest BCUT2D eigenvalue weighted by atomic mass is 10.3. The molecule has 2 nitrogen and oxygen atoms in total. The highest BCUT2D eigenvalue weighted by molar-refractivity contribution is 5.77. The molecule has 60 valence electrons. The van der Waals surface area contributed by atoms with E-state index in [4.69, 9.17) is 0 Å². The first kappa shape index (κ1) is 9.33. The van der Waals surface area contributed by atoms with Crippen LogP contribution in [0.2, 0.25) is 0 Å². The summed E-state index contributed by atoms with van der Waals surface area (Å²) in [5.74, 6) is -4.74. The summed E-state index contributed by atoms with van der Waals surface area (Å²) in [6.45, 7) is 2.72. The van der Waals surface area contributed by atoms with E-state index in [2.05, 4.69) is 4.74 Å². The molecule has 10 heavy (non-hydrogen) atoms. The number of esters is 1. The van der Waals surface area contributed by atoms with Crippen LogP contribution in [0.15, 0.2) is 0 Å². The average Bonchev–Trinajstić information content (AvgIpc) is 1.89. The second-order valence-corrected chi connectivity index (χ2v) is 1.78. The summed E-state index contributed by atoms with van der Waals surface area (Å²) in [6, 6.07) is 0. The van der Waals surface area contributed by atoms with Gasteiger partial charge in [0.1, 0.15) is 0 Å². The van der Waals surface area contributed by atoms with Crippen LogP contribution in [-0.4, -0.2) is 18.5 Å². The summed E-state index contributed by atoms with van der Waals surface area (Å²) in [5, 5.41) is 0. The molecule has 0 aromatic heterocycles. The maximum Gasteiger partial charge on any atom is 0.376 e. The van der Waals surface area contributed by atoms with Gasteiger partial charge in [-0.2, -0.15) is 8.78 Å². The monoisotopic (exact) mass is 152 g/mol. The summed E-state index contributed by atoms with van der Waals surface area (Å²) in [5.41, 5.74) is 0. The number of carbonyl (C=O) groups excluding carboxylic acids is 1. The Morgan fingerprint density at radius 2 is 2.00 bits per heavy atom. The van der Waals surface area contributed by atoms with Crippen LogP contribution in [0.5, 0.6) is 0 Å². The van der Waals surface area contributed by atoms with Crippen LogP contribution in [0.25, 0.3) is 0 Å². The van der Waals surface area contributed by atoms with Gasteiger partial charge in [0.15, 0.2) is 0 Å². The van der Waals surface area contributed by atoms with E-state index in [1.54, 1.807) is 0 Å². The molecule has 0 amide bonds. The van der Waals surface area contributed by atoms with Crippen molar-refractivity contribution in [2.24, 2.45) is 0 Å². The highest BCUT2D eigenvalue weighted by Gasteiger charge is 2.37. The molecule has 0 aromatic rings. The molecule has 0 aromatic carbocycles. The molecule has 0 heterocycles. The first-order valence-electron chi connectivity index (χ1n) is 3.09. The third-order valence-electron chi connectivity index (χ3n) is 1.02. The third-order valence-corrected chi connectivity index (χ3v) is 1.02. The molecule has 0 atom stereocenters. The fourth-order valence-electron chi connectivity index (χ4n) is 0.381. The number of hydrogen-bond acceptors (Lipinski definition) is 2. The minimum absolute atomic E-state index is 0.00553. The van der Waals surface area contributed by atoms with Crippen LogP contribution < -0.4 is 0 Å². The van der Waals surface area contributed by atoms with Crippen molar-refractivity contribution in [3.05, 3.63) is 0 Å². The van der Waals surface area contributed by atoms with E-state index in [1.807, 2.05) is 0 Å². The standard InChI is InChI=1S/C6H10F2O2/c1-3-6(7,8)5(9)10-4-2/h3-4H2,1-2H3. The lowest BCUT2D eigenvalue weighted by Gasteiger charge is -2.10. The van der Waals surface area contributed by atoms with Crippen molar-refractivity contribution in [2.45, 2.75) is 26.2 Å². The van der Waals surface area contributed by atoms with E-state index in [0.29, 0.717) is 0 Å². The average molecular weight is 152 g/mol. The predicted molar refractivity (Wildman–Crippen MR) is 31.9 cm³/mol. The zero-order valence-electron chi connectivity index (χ0n) is 5.99. The Morgan fingerprint density at radius 1 is 1.50 bits per heavy atom.